The smallest absolute Gasteiger partial charge is 0.224 e. The van der Waals surface area contributed by atoms with Crippen molar-refractivity contribution >= 4 is 22.6 Å². The minimum Gasteiger partial charge on any atom is -0.290 e. The summed E-state index contributed by atoms with van der Waals surface area (Å²) in [4.78, 5) is 23.6. The molecule has 0 saturated heterocycles. The first kappa shape index (κ1) is 17.3. The molecule has 0 aromatic carbocycles. The Morgan fingerprint density at radius 2 is 2.04 bits per heavy atom. The monoisotopic (exact) mass is 358 g/mol. The van der Waals surface area contributed by atoms with Gasteiger partial charge in [-0.1, -0.05) is 37.1 Å². The van der Waals surface area contributed by atoms with Gasteiger partial charge < -0.3 is 0 Å². The molecule has 2 saturated carbocycles. The number of hydrogen-bond acceptors (Lipinski definition) is 2. The molecule has 0 radical (unpaired) electrons. The van der Waals surface area contributed by atoms with Crippen molar-refractivity contribution in [3.8, 4) is 0 Å². The second kappa shape index (κ2) is 5.67. The zero-order chi connectivity index (χ0) is 18.0. The Morgan fingerprint density at radius 3 is 2.76 bits per heavy atom. The van der Waals surface area contributed by atoms with Gasteiger partial charge in [0.25, 0.3) is 0 Å². The van der Waals surface area contributed by atoms with Gasteiger partial charge in [0, 0.05) is 11.3 Å². The predicted molar refractivity (Wildman–Crippen MR) is 100 cm³/mol. The number of halogens is 1. The van der Waals surface area contributed by atoms with Crippen LogP contribution in [0.2, 0.25) is 0 Å². The second-order valence-corrected chi connectivity index (χ2v) is 9.38. The van der Waals surface area contributed by atoms with Crippen molar-refractivity contribution < 1.29 is 9.59 Å². The molecule has 25 heavy (non-hydrogen) atoms. The molecule has 0 aromatic rings. The fourth-order valence-electron chi connectivity index (χ4n) is 6.54. The average Bonchev–Trinajstić information content (AvgIpc) is 2.92. The highest BCUT2D eigenvalue weighted by Gasteiger charge is 2.56. The van der Waals surface area contributed by atoms with E-state index in [0.717, 1.165) is 25.7 Å². The van der Waals surface area contributed by atoms with Gasteiger partial charge in [0.15, 0.2) is 5.78 Å². The Labute approximate surface area is 155 Å². The lowest BCUT2D eigenvalue weighted by atomic mass is 9.51. The van der Waals surface area contributed by atoms with Crippen LogP contribution in [0, 0.1) is 34.5 Å². The normalized spacial score (nSPS) is 43.5. The van der Waals surface area contributed by atoms with Crippen LogP contribution in [-0.2, 0) is 9.59 Å². The third kappa shape index (κ3) is 2.36. The molecule has 2 fully saturated rings. The van der Waals surface area contributed by atoms with Gasteiger partial charge in [-0.2, -0.15) is 0 Å². The molecule has 134 valence electrons. The number of ketones is 1. The maximum atomic E-state index is 11.8. The van der Waals surface area contributed by atoms with Gasteiger partial charge in [-0.15, -0.1) is 0 Å². The van der Waals surface area contributed by atoms with E-state index >= 15 is 0 Å². The largest absolute Gasteiger partial charge is 0.290 e. The van der Waals surface area contributed by atoms with Gasteiger partial charge in [-0.3, -0.25) is 9.59 Å². The van der Waals surface area contributed by atoms with E-state index in [2.05, 4.69) is 26.0 Å². The highest BCUT2D eigenvalue weighted by Crippen LogP contribution is 2.64. The molecule has 3 unspecified atom stereocenters. The molecular weight excluding hydrogens is 332 g/mol. The summed E-state index contributed by atoms with van der Waals surface area (Å²) in [6, 6.07) is 0. The van der Waals surface area contributed by atoms with E-state index in [4.69, 9.17) is 11.6 Å². The van der Waals surface area contributed by atoms with Crippen molar-refractivity contribution in [3.05, 3.63) is 35.5 Å². The molecular formula is C22H27ClO2. The topological polar surface area (TPSA) is 34.1 Å². The van der Waals surface area contributed by atoms with Crippen molar-refractivity contribution in [1.29, 1.82) is 0 Å². The van der Waals surface area contributed by atoms with E-state index in [-0.39, 0.29) is 27.8 Å². The van der Waals surface area contributed by atoms with Crippen LogP contribution < -0.4 is 0 Å². The SMILES string of the molecule is CC(C(=O)Cl)[C@H]1CCC2C3CCC4=CC(=O)C=C[C@]4(C)C3=CC[C@@]21C. The van der Waals surface area contributed by atoms with Crippen LogP contribution in [0.15, 0.2) is 35.5 Å². The van der Waals surface area contributed by atoms with E-state index in [1.807, 2.05) is 13.0 Å². The van der Waals surface area contributed by atoms with Crippen LogP contribution in [0.5, 0.6) is 0 Å². The van der Waals surface area contributed by atoms with Crippen LogP contribution >= 0.6 is 11.6 Å². The summed E-state index contributed by atoms with van der Waals surface area (Å²) in [6.07, 6.45) is 13.6. The predicted octanol–water partition coefficient (Wildman–Crippen LogP) is 5.23. The summed E-state index contributed by atoms with van der Waals surface area (Å²) in [5, 5.41) is -0.184. The van der Waals surface area contributed by atoms with Crippen LogP contribution in [0.3, 0.4) is 0 Å². The first-order valence-corrected chi connectivity index (χ1v) is 9.99. The standard InChI is InChI=1S/C22H27ClO2/c1-13(20(23)25)17-6-7-18-16-5-4-14-12-15(24)8-10-21(14,2)19(16)9-11-22(17,18)3/h8-10,12-13,16-18H,4-7,11H2,1-3H3/t13?,16?,17-,18?,21+,22-/m1/s1. The van der Waals surface area contributed by atoms with E-state index in [9.17, 15) is 9.59 Å². The number of allylic oxidation sites excluding steroid dienone is 6. The molecule has 0 amide bonds. The van der Waals surface area contributed by atoms with E-state index in [1.165, 1.54) is 17.6 Å². The van der Waals surface area contributed by atoms with Crippen molar-refractivity contribution in [2.24, 2.45) is 34.5 Å². The maximum absolute atomic E-state index is 11.8. The molecule has 0 heterocycles. The van der Waals surface area contributed by atoms with Crippen molar-refractivity contribution in [2.45, 2.75) is 52.9 Å². The molecule has 6 atom stereocenters. The highest BCUT2D eigenvalue weighted by molar-refractivity contribution is 6.63. The van der Waals surface area contributed by atoms with Gasteiger partial charge in [-0.05, 0) is 85.9 Å². The third-order valence-electron chi connectivity index (χ3n) is 7.98. The Bertz CT molecular complexity index is 730. The first-order valence-electron chi connectivity index (χ1n) is 9.61. The summed E-state index contributed by atoms with van der Waals surface area (Å²) < 4.78 is 0. The molecule has 0 N–H and O–H groups in total. The van der Waals surface area contributed by atoms with Gasteiger partial charge in [0.05, 0.1) is 0 Å². The van der Waals surface area contributed by atoms with Crippen LogP contribution in [0.1, 0.15) is 52.9 Å². The Morgan fingerprint density at radius 1 is 1.28 bits per heavy atom. The quantitative estimate of drug-likeness (QED) is 0.500. The van der Waals surface area contributed by atoms with Crippen molar-refractivity contribution in [1.82, 2.24) is 0 Å². The molecule has 4 rings (SSSR count). The van der Waals surface area contributed by atoms with Crippen molar-refractivity contribution in [2.75, 3.05) is 0 Å². The lowest BCUT2D eigenvalue weighted by Crippen LogP contribution is -2.44. The molecule has 3 heteroatoms. The summed E-state index contributed by atoms with van der Waals surface area (Å²) in [5.74, 6) is 1.64. The number of carbonyl (C=O) groups excluding carboxylic acids is 2. The molecule has 0 aromatic heterocycles. The van der Waals surface area contributed by atoms with Crippen molar-refractivity contribution in [3.63, 3.8) is 0 Å². The van der Waals surface area contributed by atoms with Gasteiger partial charge in [0.2, 0.25) is 5.24 Å². The van der Waals surface area contributed by atoms with Gasteiger partial charge >= 0.3 is 0 Å². The average molecular weight is 359 g/mol. The van der Waals surface area contributed by atoms with E-state index < -0.39 is 0 Å². The summed E-state index contributed by atoms with van der Waals surface area (Å²) in [7, 11) is 0. The van der Waals surface area contributed by atoms with Crippen LogP contribution in [0.25, 0.3) is 0 Å². The molecule has 4 aliphatic carbocycles. The number of hydrogen-bond donors (Lipinski definition) is 0. The Balaban J connectivity index is 1.72. The number of rotatable bonds is 2. The first-order chi connectivity index (χ1) is 11.8. The van der Waals surface area contributed by atoms with E-state index in [0.29, 0.717) is 17.8 Å². The van der Waals surface area contributed by atoms with Gasteiger partial charge in [0.1, 0.15) is 0 Å². The summed E-state index contributed by atoms with van der Waals surface area (Å²) in [5.41, 5.74) is 2.89. The number of fused-ring (bicyclic) bond motifs is 5. The summed E-state index contributed by atoms with van der Waals surface area (Å²) in [6.45, 7) is 6.66. The second-order valence-electron chi connectivity index (χ2n) is 9.01. The molecule has 0 spiro atoms. The maximum Gasteiger partial charge on any atom is 0.224 e. The number of carbonyl (C=O) groups is 2. The minimum atomic E-state index is -0.184. The van der Waals surface area contributed by atoms with Crippen LogP contribution in [-0.4, -0.2) is 11.0 Å². The van der Waals surface area contributed by atoms with Crippen LogP contribution in [0.4, 0.5) is 0 Å². The fraction of sp³-hybridized carbons (Fsp3) is 0.636. The fourth-order valence-corrected chi connectivity index (χ4v) is 6.69. The third-order valence-corrected chi connectivity index (χ3v) is 8.32. The minimum absolute atomic E-state index is 0.0616. The highest BCUT2D eigenvalue weighted by atomic mass is 35.5. The lowest BCUT2D eigenvalue weighted by molar-refractivity contribution is -0.117. The molecule has 2 nitrogen and oxygen atoms in total. The zero-order valence-corrected chi connectivity index (χ0v) is 16.1. The molecule has 0 aliphatic heterocycles. The summed E-state index contributed by atoms with van der Waals surface area (Å²) >= 11 is 5.86. The Kier molecular flexibility index (Phi) is 3.92. The van der Waals surface area contributed by atoms with Gasteiger partial charge in [-0.25, -0.2) is 0 Å². The Hall–Kier alpha value is -1.15. The van der Waals surface area contributed by atoms with E-state index in [1.54, 1.807) is 6.08 Å². The zero-order valence-electron chi connectivity index (χ0n) is 15.3. The molecule has 4 aliphatic rings. The molecule has 0 bridgehead atoms. The lowest BCUT2D eigenvalue weighted by Gasteiger charge is -2.52.